The molecule has 0 N–H and O–H groups in total. The highest BCUT2D eigenvalue weighted by molar-refractivity contribution is 7.41. The summed E-state index contributed by atoms with van der Waals surface area (Å²) in [6.07, 6.45) is 12.6. The lowest BCUT2D eigenvalue weighted by Crippen LogP contribution is -2.61. The highest BCUT2D eigenvalue weighted by atomic mass is 29.3. The van der Waals surface area contributed by atoms with E-state index >= 15 is 0 Å². The van der Waals surface area contributed by atoms with Crippen molar-refractivity contribution >= 4 is 23.3 Å². The average molecular weight is 409 g/mol. The van der Waals surface area contributed by atoms with Gasteiger partial charge < -0.3 is 0 Å². The lowest BCUT2D eigenvalue weighted by molar-refractivity contribution is 0.196. The SMILES string of the molecule is CC1CCCC2C1CCC2[Si](C)(C)[Si](C)(C)C1CCC(C[Si](C)(C)C)C1. The predicted octanol–water partition coefficient (Wildman–Crippen LogP) is 8.21. The molecular formula is C23H48Si3. The van der Waals surface area contributed by atoms with E-state index in [0.717, 1.165) is 29.2 Å². The highest BCUT2D eigenvalue weighted by Crippen LogP contribution is 2.59. The quantitative estimate of drug-likeness (QED) is 0.402. The van der Waals surface area contributed by atoms with Gasteiger partial charge in [0.1, 0.15) is 0 Å². The van der Waals surface area contributed by atoms with Crippen LogP contribution in [0, 0.1) is 23.7 Å². The van der Waals surface area contributed by atoms with E-state index < -0.39 is 23.3 Å². The molecule has 3 heteroatoms. The van der Waals surface area contributed by atoms with Gasteiger partial charge in [0.15, 0.2) is 0 Å². The Labute approximate surface area is 168 Å². The van der Waals surface area contributed by atoms with Crippen LogP contribution in [0.2, 0.25) is 63.0 Å². The van der Waals surface area contributed by atoms with Crippen molar-refractivity contribution in [1.82, 2.24) is 0 Å². The maximum absolute atomic E-state index is 2.87. The van der Waals surface area contributed by atoms with Crippen molar-refractivity contribution < 1.29 is 0 Å². The molecule has 6 unspecified atom stereocenters. The minimum Gasteiger partial charge on any atom is -0.0711 e. The summed E-state index contributed by atoms with van der Waals surface area (Å²) in [4.78, 5) is 0. The van der Waals surface area contributed by atoms with Gasteiger partial charge in [0.05, 0.1) is 0 Å². The first-order valence-corrected chi connectivity index (χ1v) is 22.8. The predicted molar refractivity (Wildman–Crippen MR) is 127 cm³/mol. The van der Waals surface area contributed by atoms with Crippen LogP contribution in [0.5, 0.6) is 0 Å². The molecule has 3 aliphatic rings. The fraction of sp³-hybridized carbons (Fsp3) is 1.00. The summed E-state index contributed by atoms with van der Waals surface area (Å²) in [5.74, 6) is 4.36. The first kappa shape index (κ1) is 21.4. The molecule has 3 saturated carbocycles. The van der Waals surface area contributed by atoms with Crippen LogP contribution >= 0.6 is 0 Å². The monoisotopic (exact) mass is 408 g/mol. The zero-order chi connectivity index (χ0) is 19.3. The standard InChI is InChI=1S/C23H48Si3/c1-18-10-9-11-22-21(18)14-15-23(22)26(7,8)25(5,6)20-13-12-19(16-20)17-24(2,3)4/h18-23H,9-17H2,1-8H3. The van der Waals surface area contributed by atoms with Gasteiger partial charge in [-0.25, -0.2) is 0 Å². The Morgan fingerprint density at radius 1 is 0.692 bits per heavy atom. The first-order valence-electron chi connectivity index (χ1n) is 11.9. The number of rotatable bonds is 5. The molecule has 0 aromatic carbocycles. The topological polar surface area (TPSA) is 0 Å². The normalized spacial score (nSPS) is 39.2. The van der Waals surface area contributed by atoms with Crippen LogP contribution < -0.4 is 0 Å². The second-order valence-corrected chi connectivity index (χ2v) is 34.7. The Morgan fingerprint density at radius 2 is 1.38 bits per heavy atom. The summed E-state index contributed by atoms with van der Waals surface area (Å²) in [6.45, 7) is 21.8. The molecule has 0 aromatic rings. The number of fused-ring (bicyclic) bond motifs is 1. The van der Waals surface area contributed by atoms with Gasteiger partial charge in [0, 0.05) is 23.3 Å². The van der Waals surface area contributed by atoms with Gasteiger partial charge in [0.25, 0.3) is 0 Å². The Bertz CT molecular complexity index is 490. The van der Waals surface area contributed by atoms with Gasteiger partial charge in [-0.3, -0.25) is 0 Å². The average Bonchev–Trinajstić information content (AvgIpc) is 3.13. The molecule has 0 amide bonds. The maximum atomic E-state index is 2.87. The number of hydrogen-bond donors (Lipinski definition) is 0. The summed E-state index contributed by atoms with van der Waals surface area (Å²) >= 11 is 0. The van der Waals surface area contributed by atoms with Crippen molar-refractivity contribution in [2.24, 2.45) is 23.7 Å². The van der Waals surface area contributed by atoms with E-state index in [1.54, 1.807) is 44.6 Å². The minimum absolute atomic E-state index is 0.887. The maximum Gasteiger partial charge on any atom is 0.0448 e. The summed E-state index contributed by atoms with van der Waals surface area (Å²) < 4.78 is 0. The third-order valence-electron chi connectivity index (χ3n) is 9.86. The third kappa shape index (κ3) is 4.01. The van der Waals surface area contributed by atoms with Gasteiger partial charge in [-0.2, -0.15) is 0 Å². The molecule has 3 aliphatic carbocycles. The lowest BCUT2D eigenvalue weighted by atomic mass is 9.75. The van der Waals surface area contributed by atoms with Crippen LogP contribution in [0.4, 0.5) is 0 Å². The van der Waals surface area contributed by atoms with Gasteiger partial charge in [0.2, 0.25) is 0 Å². The van der Waals surface area contributed by atoms with Gasteiger partial charge in [-0.1, -0.05) is 104 Å². The molecule has 26 heavy (non-hydrogen) atoms. The molecule has 3 fully saturated rings. The van der Waals surface area contributed by atoms with E-state index in [0.29, 0.717) is 0 Å². The zero-order valence-corrected chi connectivity index (χ0v) is 22.3. The molecule has 0 aromatic heterocycles. The molecule has 152 valence electrons. The molecule has 0 heterocycles. The summed E-state index contributed by atoms with van der Waals surface area (Å²) in [5.41, 5.74) is 2.33. The van der Waals surface area contributed by atoms with Crippen molar-refractivity contribution in [3.05, 3.63) is 0 Å². The van der Waals surface area contributed by atoms with Crippen molar-refractivity contribution in [1.29, 1.82) is 0 Å². The molecular weight excluding hydrogens is 361 g/mol. The second kappa shape index (κ2) is 7.48. The van der Waals surface area contributed by atoms with Crippen LogP contribution in [-0.4, -0.2) is 23.3 Å². The van der Waals surface area contributed by atoms with Crippen LogP contribution in [-0.2, 0) is 0 Å². The van der Waals surface area contributed by atoms with Crippen molar-refractivity contribution in [3.8, 4) is 0 Å². The molecule has 0 bridgehead atoms. The Kier molecular flexibility index (Phi) is 6.15. The molecule has 0 aliphatic heterocycles. The molecule has 3 rings (SSSR count). The van der Waals surface area contributed by atoms with Crippen molar-refractivity contribution in [2.75, 3.05) is 0 Å². The van der Waals surface area contributed by atoms with Crippen LogP contribution in [0.25, 0.3) is 0 Å². The molecule has 0 saturated heterocycles. The van der Waals surface area contributed by atoms with Gasteiger partial charge in [-0.05, 0) is 41.2 Å². The van der Waals surface area contributed by atoms with E-state index in [1.807, 2.05) is 0 Å². The lowest BCUT2D eigenvalue weighted by Gasteiger charge is -2.50. The van der Waals surface area contributed by atoms with E-state index in [1.165, 1.54) is 18.4 Å². The summed E-state index contributed by atoms with van der Waals surface area (Å²) in [5, 5.41) is 0. The van der Waals surface area contributed by atoms with Crippen LogP contribution in [0.1, 0.15) is 58.3 Å². The largest absolute Gasteiger partial charge is 0.0711 e. The Morgan fingerprint density at radius 3 is 2.04 bits per heavy atom. The zero-order valence-electron chi connectivity index (χ0n) is 19.3. The van der Waals surface area contributed by atoms with E-state index in [2.05, 4.69) is 52.8 Å². The fourth-order valence-corrected chi connectivity index (χ4v) is 24.0. The molecule has 6 atom stereocenters. The van der Waals surface area contributed by atoms with Crippen LogP contribution in [0.3, 0.4) is 0 Å². The van der Waals surface area contributed by atoms with E-state index in [4.69, 9.17) is 0 Å². The number of hydrogen-bond acceptors (Lipinski definition) is 0. The molecule has 0 radical (unpaired) electrons. The van der Waals surface area contributed by atoms with Crippen LogP contribution in [0.15, 0.2) is 0 Å². The molecule has 0 spiro atoms. The van der Waals surface area contributed by atoms with Crippen molar-refractivity contribution in [2.45, 2.75) is 121 Å². The Hall–Kier alpha value is 0.651. The van der Waals surface area contributed by atoms with Gasteiger partial charge >= 0.3 is 0 Å². The van der Waals surface area contributed by atoms with Gasteiger partial charge in [-0.15, -0.1) is 0 Å². The molecule has 0 nitrogen and oxygen atoms in total. The van der Waals surface area contributed by atoms with Crippen molar-refractivity contribution in [3.63, 3.8) is 0 Å². The highest BCUT2D eigenvalue weighted by Gasteiger charge is 2.56. The summed E-state index contributed by atoms with van der Waals surface area (Å²) in [7, 11) is -3.15. The smallest absolute Gasteiger partial charge is 0.0448 e. The minimum atomic E-state index is -1.14. The third-order valence-corrected chi connectivity index (χ3v) is 32.4. The fourth-order valence-electron chi connectivity index (χ4n) is 7.79. The van der Waals surface area contributed by atoms with E-state index in [-0.39, 0.29) is 0 Å². The first-order chi connectivity index (χ1) is 11.9. The summed E-state index contributed by atoms with van der Waals surface area (Å²) in [6, 6.07) is 1.60. The Balaban J connectivity index is 1.72. The second-order valence-electron chi connectivity index (χ2n) is 13.0. The van der Waals surface area contributed by atoms with E-state index in [9.17, 15) is 0 Å².